The van der Waals surface area contributed by atoms with Crippen LogP contribution in [-0.2, 0) is 0 Å². The lowest BCUT2D eigenvalue weighted by Gasteiger charge is -2.14. The first-order chi connectivity index (χ1) is 27.2. The summed E-state index contributed by atoms with van der Waals surface area (Å²) in [6, 6.07) is 71.1. The van der Waals surface area contributed by atoms with Crippen LogP contribution in [0.5, 0.6) is 0 Å². The van der Waals surface area contributed by atoms with Gasteiger partial charge in [-0.1, -0.05) is 146 Å². The highest BCUT2D eigenvalue weighted by Crippen LogP contribution is 2.41. The lowest BCUT2D eigenvalue weighted by Crippen LogP contribution is -1.87. The second kappa shape index (κ2) is 11.6. The van der Waals surface area contributed by atoms with Gasteiger partial charge < -0.3 is 4.42 Å². The zero-order chi connectivity index (χ0) is 36.0. The maximum Gasteiger partial charge on any atom is 0.136 e. The van der Waals surface area contributed by atoms with Crippen LogP contribution in [0.2, 0.25) is 0 Å². The minimum Gasteiger partial charge on any atom is -0.456 e. The van der Waals surface area contributed by atoms with Crippen LogP contribution in [0.15, 0.2) is 199 Å². The average Bonchev–Trinajstić information content (AvgIpc) is 3.62. The Morgan fingerprint density at radius 2 is 0.655 bits per heavy atom. The number of hydrogen-bond donors (Lipinski definition) is 0. The lowest BCUT2D eigenvalue weighted by molar-refractivity contribution is 0.669. The van der Waals surface area contributed by atoms with Crippen LogP contribution in [-0.4, -0.2) is 0 Å². The van der Waals surface area contributed by atoms with E-state index in [-0.39, 0.29) is 0 Å². The van der Waals surface area contributed by atoms with Crippen LogP contribution in [0.25, 0.3) is 120 Å². The number of benzene rings is 11. The van der Waals surface area contributed by atoms with Crippen molar-refractivity contribution in [1.82, 2.24) is 0 Å². The fraction of sp³-hybridized carbons (Fsp3) is 0. The van der Waals surface area contributed by atoms with E-state index in [0.29, 0.717) is 0 Å². The summed E-state index contributed by atoms with van der Waals surface area (Å²) in [5.74, 6) is 0. The summed E-state index contributed by atoms with van der Waals surface area (Å²) in [5, 5.41) is 17.4. The summed E-state index contributed by atoms with van der Waals surface area (Å²) in [5.41, 5.74) is 8.97. The van der Waals surface area contributed by atoms with Crippen LogP contribution < -0.4 is 0 Å². The molecule has 0 spiro atoms. The smallest absolute Gasteiger partial charge is 0.136 e. The Bertz CT molecular complexity index is 3550. The SMILES string of the molecule is c1ccc2c(c1)cc(-c1ccc3c(c1)oc1cc(-c4ccc5ccc(-c6cc7c8ccccc8ccc7c7ccccc67)cc5c4)ccc13)c1ccccc12. The Morgan fingerprint density at radius 3 is 1.40 bits per heavy atom. The quantitative estimate of drug-likeness (QED) is 0.168. The number of rotatable bonds is 3. The van der Waals surface area contributed by atoms with Gasteiger partial charge in [0.05, 0.1) is 0 Å². The summed E-state index contributed by atoms with van der Waals surface area (Å²) in [6.45, 7) is 0. The minimum absolute atomic E-state index is 0.900. The third-order valence-electron chi connectivity index (χ3n) is 11.8. The van der Waals surface area contributed by atoms with Crippen LogP contribution >= 0.6 is 0 Å². The highest BCUT2D eigenvalue weighted by atomic mass is 16.3. The van der Waals surface area contributed by atoms with Gasteiger partial charge >= 0.3 is 0 Å². The van der Waals surface area contributed by atoms with E-state index in [1.807, 2.05) is 0 Å². The van der Waals surface area contributed by atoms with Crippen molar-refractivity contribution in [1.29, 1.82) is 0 Å². The molecule has 12 rings (SSSR count). The summed E-state index contributed by atoms with van der Waals surface area (Å²) in [6.07, 6.45) is 0. The van der Waals surface area contributed by atoms with Crippen LogP contribution in [0.3, 0.4) is 0 Å². The highest BCUT2D eigenvalue weighted by molar-refractivity contribution is 6.21. The molecule has 0 unspecified atom stereocenters. The van der Waals surface area contributed by atoms with Gasteiger partial charge in [-0.2, -0.15) is 0 Å². The molecule has 0 aliphatic carbocycles. The van der Waals surface area contributed by atoms with Gasteiger partial charge in [0.15, 0.2) is 0 Å². The Morgan fingerprint density at radius 1 is 0.218 bits per heavy atom. The molecule has 0 atom stereocenters. The monoisotopic (exact) mass is 696 g/mol. The topological polar surface area (TPSA) is 13.1 Å². The van der Waals surface area contributed by atoms with E-state index >= 15 is 0 Å². The number of fused-ring (bicyclic) bond motifs is 12. The molecule has 1 heterocycles. The summed E-state index contributed by atoms with van der Waals surface area (Å²) >= 11 is 0. The van der Waals surface area contributed by atoms with Gasteiger partial charge in [0, 0.05) is 10.8 Å². The largest absolute Gasteiger partial charge is 0.456 e. The van der Waals surface area contributed by atoms with Crippen molar-refractivity contribution in [3.05, 3.63) is 194 Å². The summed E-state index contributed by atoms with van der Waals surface area (Å²) < 4.78 is 6.65. The van der Waals surface area contributed by atoms with Crippen LogP contribution in [0, 0.1) is 0 Å². The number of furan rings is 1. The summed E-state index contributed by atoms with van der Waals surface area (Å²) in [7, 11) is 0. The first kappa shape index (κ1) is 30.3. The third-order valence-corrected chi connectivity index (χ3v) is 11.8. The van der Waals surface area contributed by atoms with Gasteiger partial charge in [-0.3, -0.25) is 0 Å². The maximum atomic E-state index is 6.65. The van der Waals surface area contributed by atoms with E-state index in [1.165, 1.54) is 86.9 Å². The molecule has 0 aliphatic heterocycles. The fourth-order valence-electron chi connectivity index (χ4n) is 9.11. The molecule has 1 nitrogen and oxygen atoms in total. The molecular formula is C54H32O. The Balaban J connectivity index is 0.964. The van der Waals surface area contributed by atoms with Gasteiger partial charge in [-0.15, -0.1) is 0 Å². The molecule has 0 aliphatic rings. The van der Waals surface area contributed by atoms with Crippen molar-refractivity contribution in [3.63, 3.8) is 0 Å². The van der Waals surface area contributed by atoms with Crippen molar-refractivity contribution >= 4 is 86.6 Å². The Hall–Kier alpha value is -7.22. The van der Waals surface area contributed by atoms with Crippen molar-refractivity contribution < 1.29 is 4.42 Å². The van der Waals surface area contributed by atoms with E-state index in [0.717, 1.165) is 33.1 Å². The average molecular weight is 697 g/mol. The zero-order valence-corrected chi connectivity index (χ0v) is 29.9. The standard InChI is InChI=1S/C54H32O/c1-3-11-41-34(9-1)21-24-47-44-14-6-8-16-46(44)51(32-52(41)47)38-20-18-33-17-19-35(27-40(33)28-38)36-22-25-48-49-26-23-39(31-54(49)55-53(48)30-36)50-29-37-10-2-4-12-42(37)43-13-5-7-15-45(43)50/h1-32H. The van der Waals surface area contributed by atoms with Crippen molar-refractivity contribution in [2.45, 2.75) is 0 Å². The first-order valence-electron chi connectivity index (χ1n) is 19.0. The van der Waals surface area contributed by atoms with Gasteiger partial charge in [-0.05, 0) is 147 Å². The Labute approximate surface area is 317 Å². The fourth-order valence-corrected chi connectivity index (χ4v) is 9.11. The molecule has 0 amide bonds. The second-order valence-corrected chi connectivity index (χ2v) is 14.8. The molecule has 0 saturated carbocycles. The van der Waals surface area contributed by atoms with Gasteiger partial charge in [0.1, 0.15) is 11.2 Å². The molecule has 12 aromatic rings. The van der Waals surface area contributed by atoms with E-state index < -0.39 is 0 Å². The lowest BCUT2D eigenvalue weighted by atomic mass is 9.90. The van der Waals surface area contributed by atoms with Crippen LogP contribution in [0.1, 0.15) is 0 Å². The zero-order valence-electron chi connectivity index (χ0n) is 29.9. The molecule has 0 fully saturated rings. The first-order valence-corrected chi connectivity index (χ1v) is 19.0. The van der Waals surface area contributed by atoms with E-state index in [4.69, 9.17) is 4.42 Å². The van der Waals surface area contributed by atoms with E-state index in [9.17, 15) is 0 Å². The van der Waals surface area contributed by atoms with Gasteiger partial charge in [-0.25, -0.2) is 0 Å². The molecule has 0 radical (unpaired) electrons. The van der Waals surface area contributed by atoms with Gasteiger partial charge in [0.2, 0.25) is 0 Å². The molecule has 0 saturated heterocycles. The molecule has 11 aromatic carbocycles. The normalized spacial score (nSPS) is 12.0. The van der Waals surface area contributed by atoms with E-state index in [2.05, 4.69) is 194 Å². The predicted octanol–water partition coefficient (Wildman–Crippen LogP) is 15.5. The van der Waals surface area contributed by atoms with Crippen molar-refractivity contribution in [3.8, 4) is 33.4 Å². The molecular weight excluding hydrogens is 665 g/mol. The highest BCUT2D eigenvalue weighted by Gasteiger charge is 2.15. The molecule has 1 heteroatoms. The minimum atomic E-state index is 0.900. The molecule has 0 N–H and O–H groups in total. The van der Waals surface area contributed by atoms with Crippen molar-refractivity contribution in [2.24, 2.45) is 0 Å². The molecule has 55 heavy (non-hydrogen) atoms. The second-order valence-electron chi connectivity index (χ2n) is 14.8. The maximum absolute atomic E-state index is 6.65. The van der Waals surface area contributed by atoms with Crippen molar-refractivity contribution in [2.75, 3.05) is 0 Å². The predicted molar refractivity (Wildman–Crippen MR) is 235 cm³/mol. The van der Waals surface area contributed by atoms with Gasteiger partial charge in [0.25, 0.3) is 0 Å². The number of hydrogen-bond acceptors (Lipinski definition) is 1. The third kappa shape index (κ3) is 4.67. The van der Waals surface area contributed by atoms with E-state index in [1.54, 1.807) is 0 Å². The summed E-state index contributed by atoms with van der Waals surface area (Å²) in [4.78, 5) is 0. The van der Waals surface area contributed by atoms with Crippen LogP contribution in [0.4, 0.5) is 0 Å². The molecule has 0 bridgehead atoms. The molecule has 1 aromatic heterocycles. The Kier molecular flexibility index (Phi) is 6.40. The molecule has 254 valence electrons.